The largest absolute Gasteiger partial charge is 1.00 e. The van der Waals surface area contributed by atoms with Crippen LogP contribution in [0.3, 0.4) is 0 Å². The number of ether oxygens (including phenoxy) is 1. The molecule has 0 rings (SSSR count). The minimum atomic E-state index is -0.440. The predicted molar refractivity (Wildman–Crippen MR) is 31.9 cm³/mol. The van der Waals surface area contributed by atoms with Gasteiger partial charge in [-0.05, 0) is 13.8 Å². The molecule has 10 heavy (non-hydrogen) atoms. The van der Waals surface area contributed by atoms with Gasteiger partial charge < -0.3 is 4.74 Å². The van der Waals surface area contributed by atoms with Crippen LogP contribution in [0.4, 0.5) is 0 Å². The van der Waals surface area contributed by atoms with Crippen LogP contribution >= 0.6 is 0 Å². The Morgan fingerprint density at radius 1 is 1.40 bits per heavy atom. The second kappa shape index (κ2) is 6.99. The third kappa shape index (κ3) is 7.88. The Hall–Kier alpha value is -0.120. The van der Waals surface area contributed by atoms with Crippen LogP contribution in [0.15, 0.2) is 0 Å². The second-order valence-corrected chi connectivity index (χ2v) is 1.68. The van der Waals surface area contributed by atoms with Crippen LogP contribution in [0.1, 0.15) is 20.3 Å². The van der Waals surface area contributed by atoms with Crippen molar-refractivity contribution < 1.29 is 36.7 Å². The molecule has 0 bridgehead atoms. The fourth-order valence-electron chi connectivity index (χ4n) is 0.415. The van der Waals surface area contributed by atoms with Crippen molar-refractivity contribution in [3.63, 3.8) is 0 Å². The zero-order valence-corrected chi connectivity index (χ0v) is 7.42. The Kier molecular flexibility index (Phi) is 8.77. The molecule has 0 saturated heterocycles. The average Bonchev–Trinajstić information content (AvgIpc) is 1.63. The number of carbonyl (C=O) groups is 2. The van der Waals surface area contributed by atoms with Gasteiger partial charge in [-0.2, -0.15) is 0 Å². The molecule has 0 aliphatic heterocycles. The van der Waals surface area contributed by atoms with Gasteiger partial charge in [0.25, 0.3) is 0 Å². The Bertz CT molecular complexity index is 122. The van der Waals surface area contributed by atoms with Crippen LogP contribution in [-0.2, 0) is 36.7 Å². The molecule has 62 valence electrons. The van der Waals surface area contributed by atoms with Gasteiger partial charge in [0.2, 0.25) is 0 Å². The summed E-state index contributed by atoms with van der Waals surface area (Å²) >= 11 is 0. The van der Waals surface area contributed by atoms with E-state index in [9.17, 15) is 9.59 Å². The van der Waals surface area contributed by atoms with Crippen LogP contribution in [0.2, 0.25) is 0 Å². The van der Waals surface area contributed by atoms with Crippen molar-refractivity contribution in [2.75, 3.05) is 6.61 Å². The molecule has 0 unspecified atom stereocenters. The quantitative estimate of drug-likeness (QED) is 0.409. The number of Topliss-reactive ketones (excluding diaryl/α,β-unsaturated/α-hetero) is 1. The van der Waals surface area contributed by atoms with Crippen LogP contribution < -0.4 is 0 Å². The molecule has 0 amide bonds. The number of carbonyl (C=O) groups excluding carboxylic acids is 2. The van der Waals surface area contributed by atoms with Gasteiger partial charge in [-0.15, -0.1) is 0 Å². The molecule has 0 N–H and O–H groups in total. The van der Waals surface area contributed by atoms with Crippen LogP contribution in [0, 0.1) is 0 Å². The molecule has 0 radical (unpaired) electrons. The van der Waals surface area contributed by atoms with E-state index in [1.54, 1.807) is 6.92 Å². The Labute approximate surface area is 75.6 Å². The van der Waals surface area contributed by atoms with Crippen molar-refractivity contribution in [3.05, 3.63) is 0 Å². The normalized spacial score (nSPS) is 7.80. The number of esters is 1. The van der Waals surface area contributed by atoms with Crippen molar-refractivity contribution >= 4 is 11.8 Å². The molecule has 0 aliphatic carbocycles. The molecule has 0 aromatic carbocycles. The monoisotopic (exact) mass is 237 g/mol. The summed E-state index contributed by atoms with van der Waals surface area (Å²) in [6, 6.07) is 0. The summed E-state index contributed by atoms with van der Waals surface area (Å²) in [6.45, 7) is 3.40. The van der Waals surface area contributed by atoms with Gasteiger partial charge in [-0.1, -0.05) is 0 Å². The summed E-state index contributed by atoms with van der Waals surface area (Å²) in [4.78, 5) is 20.6. The third-order valence-corrected chi connectivity index (χ3v) is 0.699. The topological polar surface area (TPSA) is 43.4 Å². The first-order valence-electron chi connectivity index (χ1n) is 2.82. The average molecular weight is 238 g/mol. The molecule has 0 aromatic heterocycles. The zero-order valence-electron chi connectivity index (χ0n) is 5.94. The maximum atomic E-state index is 10.4. The minimum Gasteiger partial charge on any atom is -0.466 e. The fourth-order valence-corrected chi connectivity index (χ4v) is 0.415. The van der Waals surface area contributed by atoms with Gasteiger partial charge in [0.05, 0.1) is 6.61 Å². The van der Waals surface area contributed by atoms with E-state index in [0.29, 0.717) is 6.61 Å². The molecule has 0 fully saturated rings. The minimum absolute atomic E-state index is 0. The van der Waals surface area contributed by atoms with E-state index in [4.69, 9.17) is 0 Å². The molecule has 4 heteroatoms. The van der Waals surface area contributed by atoms with Crippen LogP contribution in [-0.4, -0.2) is 18.4 Å². The van der Waals surface area contributed by atoms with Crippen LogP contribution in [0.5, 0.6) is 0 Å². The Morgan fingerprint density at radius 2 is 1.90 bits per heavy atom. The SMILES string of the molecule is CCOC(=O)CC(C)=O.[Ag+]. The van der Waals surface area contributed by atoms with E-state index in [1.807, 2.05) is 0 Å². The van der Waals surface area contributed by atoms with E-state index in [2.05, 4.69) is 4.74 Å². The molecule has 0 heterocycles. The van der Waals surface area contributed by atoms with E-state index in [-0.39, 0.29) is 34.6 Å². The third-order valence-electron chi connectivity index (χ3n) is 0.699. The zero-order chi connectivity index (χ0) is 7.28. The Morgan fingerprint density at radius 3 is 2.20 bits per heavy atom. The fraction of sp³-hybridized carbons (Fsp3) is 0.667. The molecule has 3 nitrogen and oxygen atoms in total. The summed E-state index contributed by atoms with van der Waals surface area (Å²) < 4.78 is 4.49. The number of hydrogen-bond acceptors (Lipinski definition) is 3. The van der Waals surface area contributed by atoms with Crippen molar-refractivity contribution in [3.8, 4) is 0 Å². The van der Waals surface area contributed by atoms with Gasteiger partial charge in [-0.25, -0.2) is 0 Å². The first kappa shape index (κ1) is 12.5. The Balaban J connectivity index is 0. The van der Waals surface area contributed by atoms with E-state index >= 15 is 0 Å². The van der Waals surface area contributed by atoms with Gasteiger partial charge in [-0.3, -0.25) is 9.59 Å². The van der Waals surface area contributed by atoms with E-state index in [0.717, 1.165) is 0 Å². The van der Waals surface area contributed by atoms with Gasteiger partial charge in [0.15, 0.2) is 0 Å². The molecular formula is C6H10AgO3+. The number of rotatable bonds is 3. The first-order chi connectivity index (χ1) is 4.16. The van der Waals surface area contributed by atoms with Crippen molar-refractivity contribution in [1.82, 2.24) is 0 Å². The molecular weight excluding hydrogens is 228 g/mol. The van der Waals surface area contributed by atoms with Crippen molar-refractivity contribution in [1.29, 1.82) is 0 Å². The van der Waals surface area contributed by atoms with E-state index in [1.165, 1.54) is 6.92 Å². The summed E-state index contributed by atoms with van der Waals surface area (Å²) in [7, 11) is 0. The number of hydrogen-bond donors (Lipinski definition) is 0. The first-order valence-corrected chi connectivity index (χ1v) is 2.82. The summed E-state index contributed by atoms with van der Waals surface area (Å²) in [5.74, 6) is -0.599. The smallest absolute Gasteiger partial charge is 0.466 e. The predicted octanol–water partition coefficient (Wildman–Crippen LogP) is 0.526. The molecule has 0 spiro atoms. The van der Waals surface area contributed by atoms with Gasteiger partial charge in [0.1, 0.15) is 12.2 Å². The summed E-state index contributed by atoms with van der Waals surface area (Å²) in [5.41, 5.74) is 0. The maximum absolute atomic E-state index is 10.4. The maximum Gasteiger partial charge on any atom is 1.00 e. The second-order valence-electron chi connectivity index (χ2n) is 1.68. The standard InChI is InChI=1S/C6H10O3.Ag/c1-3-9-6(8)4-5(2)7;/h3-4H2,1-2H3;/q;+1. The summed E-state index contributed by atoms with van der Waals surface area (Å²) in [5, 5.41) is 0. The molecule has 0 aromatic rings. The van der Waals surface area contributed by atoms with Crippen molar-refractivity contribution in [2.24, 2.45) is 0 Å². The molecule has 0 aliphatic rings. The van der Waals surface area contributed by atoms with Crippen LogP contribution in [0.25, 0.3) is 0 Å². The van der Waals surface area contributed by atoms with Gasteiger partial charge in [0, 0.05) is 0 Å². The van der Waals surface area contributed by atoms with E-state index < -0.39 is 5.97 Å². The van der Waals surface area contributed by atoms with Crippen molar-refractivity contribution in [2.45, 2.75) is 20.3 Å². The number of ketones is 1. The molecule has 0 saturated carbocycles. The summed E-state index contributed by atoms with van der Waals surface area (Å²) in [6.07, 6.45) is -0.103. The molecule has 0 atom stereocenters. The van der Waals surface area contributed by atoms with Gasteiger partial charge >= 0.3 is 28.3 Å².